The predicted molar refractivity (Wildman–Crippen MR) is 109 cm³/mol. The first-order valence-corrected chi connectivity index (χ1v) is 9.06. The lowest BCUT2D eigenvalue weighted by atomic mass is 9.97. The molecule has 2 fully saturated rings. The lowest BCUT2D eigenvalue weighted by molar-refractivity contribution is 0.0888. The number of hydrogen-bond acceptors (Lipinski definition) is 4. The highest BCUT2D eigenvalue weighted by Crippen LogP contribution is 2.14. The summed E-state index contributed by atoms with van der Waals surface area (Å²) in [6, 6.07) is 0. The van der Waals surface area contributed by atoms with Gasteiger partial charge in [0, 0.05) is 39.3 Å². The Labute approximate surface area is 164 Å². The van der Waals surface area contributed by atoms with Crippen molar-refractivity contribution in [3.63, 3.8) is 0 Å². The summed E-state index contributed by atoms with van der Waals surface area (Å²) < 4.78 is 11.1. The van der Waals surface area contributed by atoms with Crippen molar-refractivity contribution in [1.82, 2.24) is 15.5 Å². The summed E-state index contributed by atoms with van der Waals surface area (Å²) in [5.41, 5.74) is 0. The number of likely N-dealkylation sites (tertiary alicyclic amines) is 1. The fourth-order valence-electron chi connectivity index (χ4n) is 3.07. The zero-order valence-corrected chi connectivity index (χ0v) is 17.6. The van der Waals surface area contributed by atoms with E-state index in [1.807, 2.05) is 7.05 Å². The third-order valence-corrected chi connectivity index (χ3v) is 4.76. The van der Waals surface area contributed by atoms with Gasteiger partial charge < -0.3 is 25.0 Å². The Morgan fingerprint density at radius 2 is 2.00 bits per heavy atom. The molecule has 7 heteroatoms. The molecule has 2 aliphatic heterocycles. The van der Waals surface area contributed by atoms with Crippen molar-refractivity contribution in [2.75, 3.05) is 66.7 Å². The van der Waals surface area contributed by atoms with Gasteiger partial charge in [-0.15, -0.1) is 24.0 Å². The van der Waals surface area contributed by atoms with E-state index < -0.39 is 0 Å². The summed E-state index contributed by atoms with van der Waals surface area (Å²) in [6.07, 6.45) is 4.70. The van der Waals surface area contributed by atoms with Gasteiger partial charge in [0.05, 0.1) is 13.2 Å². The van der Waals surface area contributed by atoms with Gasteiger partial charge in [0.2, 0.25) is 0 Å². The van der Waals surface area contributed by atoms with Gasteiger partial charge in [0.25, 0.3) is 0 Å². The van der Waals surface area contributed by atoms with Crippen molar-refractivity contribution in [3.8, 4) is 0 Å². The highest BCUT2D eigenvalue weighted by molar-refractivity contribution is 14.0. The molecule has 1 atom stereocenters. The number of ether oxygens (including phenoxy) is 2. The van der Waals surface area contributed by atoms with Crippen molar-refractivity contribution in [2.45, 2.75) is 25.7 Å². The fourth-order valence-corrected chi connectivity index (χ4v) is 3.07. The van der Waals surface area contributed by atoms with Crippen LogP contribution in [0.3, 0.4) is 0 Å². The molecule has 0 spiro atoms. The molecule has 2 heterocycles. The van der Waals surface area contributed by atoms with Gasteiger partial charge in [-0.2, -0.15) is 0 Å². The van der Waals surface area contributed by atoms with E-state index in [-0.39, 0.29) is 24.0 Å². The van der Waals surface area contributed by atoms with E-state index >= 15 is 0 Å². The summed E-state index contributed by atoms with van der Waals surface area (Å²) in [4.78, 5) is 6.70. The topological polar surface area (TPSA) is 58.1 Å². The Bertz CT molecular complexity index is 343. The minimum absolute atomic E-state index is 0. The van der Waals surface area contributed by atoms with Crippen molar-refractivity contribution in [1.29, 1.82) is 0 Å². The number of guanidine groups is 1. The number of rotatable bonds is 8. The monoisotopic (exact) mass is 454 g/mol. The second kappa shape index (κ2) is 13.1. The van der Waals surface area contributed by atoms with Gasteiger partial charge >= 0.3 is 0 Å². The van der Waals surface area contributed by atoms with Crippen LogP contribution in [0.25, 0.3) is 0 Å². The molecule has 24 heavy (non-hydrogen) atoms. The van der Waals surface area contributed by atoms with Gasteiger partial charge in [-0.3, -0.25) is 4.99 Å². The van der Waals surface area contributed by atoms with Crippen LogP contribution in [0.5, 0.6) is 0 Å². The summed E-state index contributed by atoms with van der Waals surface area (Å²) in [5.74, 6) is 2.28. The normalized spacial score (nSPS) is 23.1. The number of halogens is 1. The molecule has 2 rings (SSSR count). The lowest BCUT2D eigenvalue weighted by Crippen LogP contribution is -2.42. The molecular weight excluding hydrogens is 419 g/mol. The van der Waals surface area contributed by atoms with Crippen molar-refractivity contribution >= 4 is 29.9 Å². The Kier molecular flexibility index (Phi) is 12.0. The van der Waals surface area contributed by atoms with Gasteiger partial charge in [-0.25, -0.2) is 0 Å². The Balaban J connectivity index is 0.00000288. The highest BCUT2D eigenvalue weighted by Gasteiger charge is 2.17. The zero-order valence-electron chi connectivity index (χ0n) is 15.3. The molecule has 2 N–H and O–H groups in total. The van der Waals surface area contributed by atoms with Crippen LogP contribution in [0.2, 0.25) is 0 Å². The molecule has 0 amide bonds. The second-order valence-corrected chi connectivity index (χ2v) is 6.78. The van der Waals surface area contributed by atoms with Gasteiger partial charge in [-0.1, -0.05) is 0 Å². The summed E-state index contributed by atoms with van der Waals surface area (Å²) >= 11 is 0. The molecule has 0 aliphatic carbocycles. The molecule has 0 aromatic rings. The van der Waals surface area contributed by atoms with Crippen LogP contribution in [-0.2, 0) is 9.47 Å². The van der Waals surface area contributed by atoms with Crippen LogP contribution >= 0.6 is 24.0 Å². The number of hydrogen-bond donors (Lipinski definition) is 2. The lowest BCUT2D eigenvalue weighted by Gasteiger charge is -2.29. The SMILES string of the molecule is CN=C(NCCCOCC1CCOC1)NCC1CCN(C)CC1.I. The van der Waals surface area contributed by atoms with Crippen LogP contribution in [0.15, 0.2) is 4.99 Å². The first-order valence-electron chi connectivity index (χ1n) is 9.06. The maximum absolute atomic E-state index is 5.71. The number of aliphatic imine (C=N–C) groups is 1. The average molecular weight is 454 g/mol. The average Bonchev–Trinajstić information content (AvgIpc) is 3.08. The van der Waals surface area contributed by atoms with E-state index in [1.54, 1.807) is 0 Å². The summed E-state index contributed by atoms with van der Waals surface area (Å²) in [7, 11) is 4.03. The van der Waals surface area contributed by atoms with E-state index in [1.165, 1.54) is 25.9 Å². The third kappa shape index (κ3) is 8.82. The van der Waals surface area contributed by atoms with Crippen molar-refractivity contribution < 1.29 is 9.47 Å². The zero-order chi connectivity index (χ0) is 16.3. The van der Waals surface area contributed by atoms with Crippen molar-refractivity contribution in [2.24, 2.45) is 16.8 Å². The molecule has 0 aromatic carbocycles. The molecular formula is C17H35IN4O2. The van der Waals surface area contributed by atoms with Gasteiger partial charge in [-0.05, 0) is 51.7 Å². The quantitative estimate of drug-likeness (QED) is 0.252. The molecule has 2 saturated heterocycles. The molecule has 142 valence electrons. The van der Waals surface area contributed by atoms with E-state index in [0.717, 1.165) is 64.2 Å². The smallest absolute Gasteiger partial charge is 0.190 e. The molecule has 6 nitrogen and oxygen atoms in total. The fraction of sp³-hybridized carbons (Fsp3) is 0.941. The molecule has 0 aromatic heterocycles. The van der Waals surface area contributed by atoms with Crippen molar-refractivity contribution in [3.05, 3.63) is 0 Å². The molecule has 0 saturated carbocycles. The van der Waals surface area contributed by atoms with E-state index in [2.05, 4.69) is 27.6 Å². The minimum Gasteiger partial charge on any atom is -0.381 e. The van der Waals surface area contributed by atoms with Gasteiger partial charge in [0.1, 0.15) is 0 Å². The standard InChI is InChI=1S/C17H34N4O2.HI/c1-18-17(20-12-15-4-8-21(2)9-5-15)19-7-3-10-22-13-16-6-11-23-14-16;/h15-16H,3-14H2,1-2H3,(H2,18,19,20);1H. The first kappa shape index (κ1) is 21.9. The highest BCUT2D eigenvalue weighted by atomic mass is 127. The van der Waals surface area contributed by atoms with Crippen LogP contribution in [0.1, 0.15) is 25.7 Å². The predicted octanol–water partition coefficient (Wildman–Crippen LogP) is 1.55. The van der Waals surface area contributed by atoms with Crippen LogP contribution in [0, 0.1) is 11.8 Å². The van der Waals surface area contributed by atoms with E-state index in [4.69, 9.17) is 9.47 Å². The number of piperidine rings is 1. The van der Waals surface area contributed by atoms with Crippen LogP contribution in [-0.4, -0.2) is 77.6 Å². The maximum atomic E-state index is 5.71. The Hall–Kier alpha value is -0.120. The van der Waals surface area contributed by atoms with Crippen LogP contribution in [0.4, 0.5) is 0 Å². The van der Waals surface area contributed by atoms with Crippen LogP contribution < -0.4 is 10.6 Å². The first-order chi connectivity index (χ1) is 11.3. The van der Waals surface area contributed by atoms with Gasteiger partial charge in [0.15, 0.2) is 5.96 Å². The maximum Gasteiger partial charge on any atom is 0.190 e. The molecule has 0 bridgehead atoms. The number of nitrogens with zero attached hydrogens (tertiary/aromatic N) is 2. The third-order valence-electron chi connectivity index (χ3n) is 4.76. The van der Waals surface area contributed by atoms with E-state index in [0.29, 0.717) is 5.92 Å². The Morgan fingerprint density at radius 1 is 1.21 bits per heavy atom. The molecule has 2 aliphatic rings. The molecule has 0 radical (unpaired) electrons. The Morgan fingerprint density at radius 3 is 2.67 bits per heavy atom. The van der Waals surface area contributed by atoms with E-state index in [9.17, 15) is 0 Å². The summed E-state index contributed by atoms with van der Waals surface area (Å²) in [6.45, 7) is 7.74. The number of nitrogens with one attached hydrogen (secondary N) is 2. The minimum atomic E-state index is 0. The largest absolute Gasteiger partial charge is 0.381 e. The summed E-state index contributed by atoms with van der Waals surface area (Å²) in [5, 5.41) is 6.82. The molecule has 1 unspecified atom stereocenters. The second-order valence-electron chi connectivity index (χ2n) is 6.78.